The molecule has 1 saturated carbocycles. The largest absolute Gasteiger partial charge is 0.339 e. The number of nitrogens with zero attached hydrogens (tertiary/aromatic N) is 1. The zero-order valence-electron chi connectivity index (χ0n) is 11.2. The van der Waals surface area contributed by atoms with Crippen LogP contribution in [0.3, 0.4) is 0 Å². The lowest BCUT2D eigenvalue weighted by Crippen LogP contribution is -2.48. The minimum absolute atomic E-state index is 0.212. The lowest BCUT2D eigenvalue weighted by atomic mass is 9.91. The molecule has 3 atom stereocenters. The Morgan fingerprint density at radius 2 is 2.00 bits per heavy atom. The molecule has 1 aliphatic heterocycles. The molecule has 2 rings (SSSR count). The van der Waals surface area contributed by atoms with Crippen LogP contribution in [0.5, 0.6) is 0 Å². The van der Waals surface area contributed by atoms with Crippen LogP contribution >= 0.6 is 0 Å². The quantitative estimate of drug-likeness (QED) is 0.801. The van der Waals surface area contributed by atoms with E-state index in [2.05, 4.69) is 18.7 Å². The second-order valence-corrected chi connectivity index (χ2v) is 6.11. The van der Waals surface area contributed by atoms with Gasteiger partial charge in [0.05, 0.1) is 0 Å². The molecule has 3 heteroatoms. The van der Waals surface area contributed by atoms with Gasteiger partial charge in [0.2, 0.25) is 5.91 Å². The van der Waals surface area contributed by atoms with E-state index in [0.29, 0.717) is 17.9 Å². The second kappa shape index (κ2) is 5.38. The van der Waals surface area contributed by atoms with Crippen molar-refractivity contribution in [1.29, 1.82) is 0 Å². The van der Waals surface area contributed by atoms with Crippen molar-refractivity contribution in [2.24, 2.45) is 17.6 Å². The average Bonchev–Trinajstić information content (AvgIpc) is 2.75. The third-order valence-corrected chi connectivity index (χ3v) is 4.42. The molecule has 1 aliphatic carbocycles. The van der Waals surface area contributed by atoms with E-state index < -0.39 is 0 Å². The fourth-order valence-electron chi connectivity index (χ4n) is 3.40. The number of nitrogens with two attached hydrogens (primary N) is 1. The molecular formula is C14H26N2O. The summed E-state index contributed by atoms with van der Waals surface area (Å²) in [6.45, 7) is 5.43. The summed E-state index contributed by atoms with van der Waals surface area (Å²) < 4.78 is 0. The molecule has 3 nitrogen and oxygen atoms in total. The molecule has 0 spiro atoms. The van der Waals surface area contributed by atoms with Gasteiger partial charge < -0.3 is 10.6 Å². The van der Waals surface area contributed by atoms with Gasteiger partial charge in [0.25, 0.3) is 0 Å². The Morgan fingerprint density at radius 3 is 2.59 bits per heavy atom. The molecule has 0 aromatic heterocycles. The molecule has 0 bridgehead atoms. The van der Waals surface area contributed by atoms with Crippen molar-refractivity contribution in [2.75, 3.05) is 6.54 Å². The smallest absolute Gasteiger partial charge is 0.225 e. The van der Waals surface area contributed by atoms with E-state index >= 15 is 0 Å². The summed E-state index contributed by atoms with van der Waals surface area (Å²) in [5, 5.41) is 0. The molecule has 0 aromatic carbocycles. The first-order valence-corrected chi connectivity index (χ1v) is 7.15. The third-order valence-electron chi connectivity index (χ3n) is 4.42. The molecule has 2 N–H and O–H groups in total. The summed E-state index contributed by atoms with van der Waals surface area (Å²) in [4.78, 5) is 14.7. The van der Waals surface area contributed by atoms with Crippen LogP contribution in [0.2, 0.25) is 0 Å². The first-order valence-electron chi connectivity index (χ1n) is 7.15. The van der Waals surface area contributed by atoms with Gasteiger partial charge in [0, 0.05) is 24.5 Å². The number of carbonyl (C=O) groups excluding carboxylic acids is 1. The zero-order valence-corrected chi connectivity index (χ0v) is 11.2. The van der Waals surface area contributed by atoms with Crippen LogP contribution in [0.15, 0.2) is 0 Å². The monoisotopic (exact) mass is 238 g/mol. The van der Waals surface area contributed by atoms with Gasteiger partial charge in [0.15, 0.2) is 0 Å². The first-order chi connectivity index (χ1) is 8.09. The second-order valence-electron chi connectivity index (χ2n) is 6.11. The Morgan fingerprint density at radius 1 is 1.24 bits per heavy atom. The van der Waals surface area contributed by atoms with Gasteiger partial charge in [-0.1, -0.05) is 13.8 Å². The van der Waals surface area contributed by atoms with Crippen LogP contribution in [0, 0.1) is 11.8 Å². The Kier molecular flexibility index (Phi) is 4.08. The van der Waals surface area contributed by atoms with Gasteiger partial charge in [-0.2, -0.15) is 0 Å². The summed E-state index contributed by atoms with van der Waals surface area (Å²) in [6.07, 6.45) is 6.56. The maximum absolute atomic E-state index is 12.5. The van der Waals surface area contributed by atoms with E-state index in [-0.39, 0.29) is 12.0 Å². The molecule has 0 aromatic rings. The van der Waals surface area contributed by atoms with Crippen LogP contribution in [0.25, 0.3) is 0 Å². The van der Waals surface area contributed by atoms with Crippen molar-refractivity contribution < 1.29 is 4.79 Å². The van der Waals surface area contributed by atoms with E-state index in [4.69, 9.17) is 5.73 Å². The fraction of sp³-hybridized carbons (Fsp3) is 0.929. The molecule has 17 heavy (non-hydrogen) atoms. The van der Waals surface area contributed by atoms with E-state index in [9.17, 15) is 4.79 Å². The summed E-state index contributed by atoms with van der Waals surface area (Å²) in [5.74, 6) is 1.18. The van der Waals surface area contributed by atoms with Crippen molar-refractivity contribution in [3.05, 3.63) is 0 Å². The SMILES string of the molecule is CC(C)[C@@H]1CCCCN1C(=O)[C@@H]1CC[C@@H](N)C1. The van der Waals surface area contributed by atoms with Crippen molar-refractivity contribution in [3.8, 4) is 0 Å². The summed E-state index contributed by atoms with van der Waals surface area (Å²) in [7, 11) is 0. The number of amides is 1. The number of piperidine rings is 1. The highest BCUT2D eigenvalue weighted by Gasteiger charge is 2.35. The molecule has 1 saturated heterocycles. The van der Waals surface area contributed by atoms with Gasteiger partial charge in [-0.3, -0.25) is 4.79 Å². The maximum atomic E-state index is 12.5. The molecule has 2 fully saturated rings. The maximum Gasteiger partial charge on any atom is 0.225 e. The predicted octanol–water partition coefficient (Wildman–Crippen LogP) is 2.15. The highest BCUT2D eigenvalue weighted by Crippen LogP contribution is 2.30. The summed E-state index contributed by atoms with van der Waals surface area (Å²) in [6, 6.07) is 0.722. The van der Waals surface area contributed by atoms with Gasteiger partial charge in [0.1, 0.15) is 0 Å². The topological polar surface area (TPSA) is 46.3 Å². The standard InChI is InChI=1S/C14H26N2O/c1-10(2)13-5-3-4-8-16(13)14(17)11-6-7-12(15)9-11/h10-13H,3-9,15H2,1-2H3/t11-,12-,13+/m1/s1. The minimum atomic E-state index is 0.212. The normalized spacial score (nSPS) is 34.4. The molecule has 1 heterocycles. The molecule has 0 unspecified atom stereocenters. The molecule has 98 valence electrons. The first kappa shape index (κ1) is 12.9. The van der Waals surface area contributed by atoms with Crippen molar-refractivity contribution in [2.45, 2.75) is 64.5 Å². The fourth-order valence-corrected chi connectivity index (χ4v) is 3.40. The third kappa shape index (κ3) is 2.82. The van der Waals surface area contributed by atoms with Crippen LogP contribution < -0.4 is 5.73 Å². The summed E-state index contributed by atoms with van der Waals surface area (Å²) in [5.41, 5.74) is 5.92. The van der Waals surface area contributed by atoms with Crippen LogP contribution in [-0.2, 0) is 4.79 Å². The van der Waals surface area contributed by atoms with Crippen molar-refractivity contribution >= 4 is 5.91 Å². The van der Waals surface area contributed by atoms with E-state index in [1.165, 1.54) is 19.3 Å². The number of rotatable bonds is 2. The van der Waals surface area contributed by atoms with Gasteiger partial charge >= 0.3 is 0 Å². The van der Waals surface area contributed by atoms with Crippen molar-refractivity contribution in [1.82, 2.24) is 4.90 Å². The van der Waals surface area contributed by atoms with Crippen molar-refractivity contribution in [3.63, 3.8) is 0 Å². The minimum Gasteiger partial charge on any atom is -0.339 e. The van der Waals surface area contributed by atoms with Crippen LogP contribution in [0.1, 0.15) is 52.4 Å². The van der Waals surface area contributed by atoms with E-state index in [1.54, 1.807) is 0 Å². The van der Waals surface area contributed by atoms with E-state index in [0.717, 1.165) is 25.8 Å². The Bertz CT molecular complexity index is 277. The number of hydrogen-bond acceptors (Lipinski definition) is 2. The molecular weight excluding hydrogens is 212 g/mol. The Hall–Kier alpha value is -0.570. The molecule has 1 amide bonds. The Labute approximate surface area is 105 Å². The van der Waals surface area contributed by atoms with Crippen LogP contribution in [0.4, 0.5) is 0 Å². The lowest BCUT2D eigenvalue weighted by molar-refractivity contribution is -0.140. The molecule has 0 radical (unpaired) electrons. The highest BCUT2D eigenvalue weighted by atomic mass is 16.2. The van der Waals surface area contributed by atoms with Crippen LogP contribution in [-0.4, -0.2) is 29.4 Å². The molecule has 2 aliphatic rings. The predicted molar refractivity (Wildman–Crippen MR) is 69.5 cm³/mol. The lowest BCUT2D eigenvalue weighted by Gasteiger charge is -2.39. The average molecular weight is 238 g/mol. The number of carbonyl (C=O) groups is 1. The van der Waals surface area contributed by atoms with Gasteiger partial charge in [-0.25, -0.2) is 0 Å². The Balaban J connectivity index is 2.01. The van der Waals surface area contributed by atoms with Gasteiger partial charge in [-0.15, -0.1) is 0 Å². The van der Waals surface area contributed by atoms with E-state index in [1.807, 2.05) is 0 Å². The van der Waals surface area contributed by atoms with Gasteiger partial charge in [-0.05, 0) is 44.4 Å². The number of likely N-dealkylation sites (tertiary alicyclic amines) is 1. The highest BCUT2D eigenvalue weighted by molar-refractivity contribution is 5.79. The number of hydrogen-bond donors (Lipinski definition) is 1. The summed E-state index contributed by atoms with van der Waals surface area (Å²) >= 11 is 0. The zero-order chi connectivity index (χ0) is 12.4.